The second-order valence-corrected chi connectivity index (χ2v) is 6.70. The van der Waals surface area contributed by atoms with E-state index < -0.39 is 0 Å². The molecule has 0 aromatic carbocycles. The molecule has 2 aliphatic rings. The third-order valence-electron chi connectivity index (χ3n) is 4.02. The van der Waals surface area contributed by atoms with E-state index in [9.17, 15) is 4.79 Å². The van der Waals surface area contributed by atoms with E-state index in [2.05, 4.69) is 25.4 Å². The van der Waals surface area contributed by atoms with Gasteiger partial charge in [-0.15, -0.1) is 10.2 Å². The molecule has 1 aliphatic carbocycles. The molecule has 2 aromatic rings. The molecule has 0 spiro atoms. The summed E-state index contributed by atoms with van der Waals surface area (Å²) in [7, 11) is 0. The SMILES string of the molecule is O=C(NC1CC1)[C@@H]1CCCN1c1nnc(-c2ccccn2)s1. The van der Waals surface area contributed by atoms with Crippen molar-refractivity contribution in [2.45, 2.75) is 37.8 Å². The van der Waals surface area contributed by atoms with Gasteiger partial charge in [-0.2, -0.15) is 0 Å². The van der Waals surface area contributed by atoms with Gasteiger partial charge in [0.15, 0.2) is 5.01 Å². The van der Waals surface area contributed by atoms with Crippen molar-refractivity contribution in [2.75, 3.05) is 11.4 Å². The molecule has 6 nitrogen and oxygen atoms in total. The number of rotatable bonds is 4. The standard InChI is InChI=1S/C15H17N5OS/c21-13(17-10-6-7-10)12-5-3-9-20(12)15-19-18-14(22-15)11-4-1-2-8-16-11/h1-2,4,8,10,12H,3,5-7,9H2,(H,17,21)/t12-/m0/s1. The summed E-state index contributed by atoms with van der Waals surface area (Å²) >= 11 is 1.50. The van der Waals surface area contributed by atoms with Gasteiger partial charge in [0.2, 0.25) is 11.0 Å². The van der Waals surface area contributed by atoms with Gasteiger partial charge in [-0.25, -0.2) is 0 Å². The van der Waals surface area contributed by atoms with Crippen molar-refractivity contribution >= 4 is 22.4 Å². The van der Waals surface area contributed by atoms with E-state index in [1.165, 1.54) is 11.3 Å². The highest BCUT2D eigenvalue weighted by atomic mass is 32.1. The van der Waals surface area contributed by atoms with Crippen LogP contribution in [0.2, 0.25) is 0 Å². The molecule has 4 rings (SSSR count). The van der Waals surface area contributed by atoms with Gasteiger partial charge in [-0.05, 0) is 37.8 Å². The highest BCUT2D eigenvalue weighted by molar-refractivity contribution is 7.18. The van der Waals surface area contributed by atoms with Crippen LogP contribution in [0.5, 0.6) is 0 Å². The number of hydrogen-bond donors (Lipinski definition) is 1. The molecular weight excluding hydrogens is 298 g/mol. The van der Waals surface area contributed by atoms with Gasteiger partial charge in [0.1, 0.15) is 11.7 Å². The third kappa shape index (κ3) is 2.68. The highest BCUT2D eigenvalue weighted by Crippen LogP contribution is 2.32. The molecular formula is C15H17N5OS. The van der Waals surface area contributed by atoms with Crippen LogP contribution in [0, 0.1) is 0 Å². The Morgan fingerprint density at radius 3 is 2.95 bits per heavy atom. The Hall–Kier alpha value is -2.02. The van der Waals surface area contributed by atoms with Gasteiger partial charge in [0.05, 0.1) is 0 Å². The number of aromatic nitrogens is 3. The molecule has 1 saturated heterocycles. The molecule has 0 bridgehead atoms. The second kappa shape index (κ2) is 5.64. The number of amides is 1. The van der Waals surface area contributed by atoms with Gasteiger partial charge in [-0.3, -0.25) is 9.78 Å². The first-order valence-corrected chi connectivity index (χ1v) is 8.45. The van der Waals surface area contributed by atoms with Gasteiger partial charge in [-0.1, -0.05) is 17.4 Å². The maximum atomic E-state index is 12.3. The molecule has 114 valence electrons. The summed E-state index contributed by atoms with van der Waals surface area (Å²) in [6.45, 7) is 0.861. The van der Waals surface area contributed by atoms with E-state index in [1.807, 2.05) is 18.2 Å². The Morgan fingerprint density at radius 1 is 1.27 bits per heavy atom. The fourth-order valence-electron chi connectivity index (χ4n) is 2.72. The Morgan fingerprint density at radius 2 is 2.18 bits per heavy atom. The van der Waals surface area contributed by atoms with Gasteiger partial charge < -0.3 is 10.2 Å². The molecule has 2 fully saturated rings. The van der Waals surface area contributed by atoms with Crippen molar-refractivity contribution in [3.63, 3.8) is 0 Å². The van der Waals surface area contributed by atoms with E-state index in [0.717, 1.165) is 48.1 Å². The summed E-state index contributed by atoms with van der Waals surface area (Å²) in [5.74, 6) is 0.134. The van der Waals surface area contributed by atoms with Crippen LogP contribution in [0.15, 0.2) is 24.4 Å². The summed E-state index contributed by atoms with van der Waals surface area (Å²) in [6, 6.07) is 6.03. The van der Waals surface area contributed by atoms with Crippen LogP contribution in [-0.2, 0) is 4.79 Å². The molecule has 1 atom stereocenters. The molecule has 7 heteroatoms. The Kier molecular flexibility index (Phi) is 3.49. The van der Waals surface area contributed by atoms with E-state index in [4.69, 9.17) is 0 Å². The molecule has 1 amide bonds. The van der Waals surface area contributed by atoms with Gasteiger partial charge in [0, 0.05) is 18.8 Å². The largest absolute Gasteiger partial charge is 0.352 e. The van der Waals surface area contributed by atoms with E-state index in [0.29, 0.717) is 6.04 Å². The summed E-state index contributed by atoms with van der Waals surface area (Å²) < 4.78 is 0. The third-order valence-corrected chi connectivity index (χ3v) is 5.01. The molecule has 1 aliphatic heterocycles. The fourth-order valence-corrected chi connectivity index (χ4v) is 3.61. The molecule has 0 unspecified atom stereocenters. The zero-order valence-corrected chi connectivity index (χ0v) is 12.9. The van der Waals surface area contributed by atoms with Crippen LogP contribution in [-0.4, -0.2) is 39.7 Å². The summed E-state index contributed by atoms with van der Waals surface area (Å²) in [4.78, 5) is 18.7. The van der Waals surface area contributed by atoms with Crippen molar-refractivity contribution in [3.8, 4) is 10.7 Å². The first-order chi connectivity index (χ1) is 10.8. The molecule has 2 aromatic heterocycles. The fraction of sp³-hybridized carbons (Fsp3) is 0.467. The average molecular weight is 315 g/mol. The molecule has 3 heterocycles. The lowest BCUT2D eigenvalue weighted by molar-refractivity contribution is -0.122. The van der Waals surface area contributed by atoms with Crippen LogP contribution >= 0.6 is 11.3 Å². The maximum absolute atomic E-state index is 12.3. The van der Waals surface area contributed by atoms with Crippen molar-refractivity contribution in [1.82, 2.24) is 20.5 Å². The summed E-state index contributed by atoms with van der Waals surface area (Å²) in [6.07, 6.45) is 5.87. The lowest BCUT2D eigenvalue weighted by Crippen LogP contribution is -2.44. The first kappa shape index (κ1) is 13.6. The Labute approximate surface area is 132 Å². The number of carbonyl (C=O) groups excluding carboxylic acids is 1. The van der Waals surface area contributed by atoms with Crippen molar-refractivity contribution in [2.24, 2.45) is 0 Å². The molecule has 0 radical (unpaired) electrons. The minimum Gasteiger partial charge on any atom is -0.352 e. The monoisotopic (exact) mass is 315 g/mol. The summed E-state index contributed by atoms with van der Waals surface area (Å²) in [5, 5.41) is 13.2. The predicted octanol–water partition coefficient (Wildman–Crippen LogP) is 1.85. The van der Waals surface area contributed by atoms with Crippen LogP contribution in [0.25, 0.3) is 10.7 Å². The topological polar surface area (TPSA) is 71.0 Å². The number of pyridine rings is 1. The normalized spacial score (nSPS) is 21.1. The van der Waals surface area contributed by atoms with Gasteiger partial charge in [0.25, 0.3) is 0 Å². The number of nitrogens with zero attached hydrogens (tertiary/aromatic N) is 4. The van der Waals surface area contributed by atoms with Crippen LogP contribution in [0.3, 0.4) is 0 Å². The minimum atomic E-state index is -0.106. The van der Waals surface area contributed by atoms with Crippen molar-refractivity contribution < 1.29 is 4.79 Å². The summed E-state index contributed by atoms with van der Waals surface area (Å²) in [5.41, 5.74) is 0.824. The van der Waals surface area contributed by atoms with Crippen LogP contribution in [0.4, 0.5) is 5.13 Å². The molecule has 1 saturated carbocycles. The van der Waals surface area contributed by atoms with E-state index >= 15 is 0 Å². The first-order valence-electron chi connectivity index (χ1n) is 7.63. The lowest BCUT2D eigenvalue weighted by atomic mass is 10.2. The van der Waals surface area contributed by atoms with Crippen LogP contribution in [0.1, 0.15) is 25.7 Å². The quantitative estimate of drug-likeness (QED) is 0.932. The van der Waals surface area contributed by atoms with Crippen LogP contribution < -0.4 is 10.2 Å². The van der Waals surface area contributed by atoms with Crippen molar-refractivity contribution in [3.05, 3.63) is 24.4 Å². The number of hydrogen-bond acceptors (Lipinski definition) is 6. The maximum Gasteiger partial charge on any atom is 0.243 e. The average Bonchev–Trinajstić information content (AvgIpc) is 3.06. The van der Waals surface area contributed by atoms with E-state index in [-0.39, 0.29) is 11.9 Å². The second-order valence-electron chi connectivity index (χ2n) is 5.74. The predicted molar refractivity (Wildman–Crippen MR) is 84.7 cm³/mol. The highest BCUT2D eigenvalue weighted by Gasteiger charge is 2.35. The van der Waals surface area contributed by atoms with E-state index in [1.54, 1.807) is 6.20 Å². The Bertz CT molecular complexity index is 670. The Balaban J connectivity index is 1.53. The number of anilines is 1. The number of carbonyl (C=O) groups is 1. The zero-order valence-electron chi connectivity index (χ0n) is 12.1. The van der Waals surface area contributed by atoms with Gasteiger partial charge >= 0.3 is 0 Å². The molecule has 22 heavy (non-hydrogen) atoms. The van der Waals surface area contributed by atoms with Crippen molar-refractivity contribution in [1.29, 1.82) is 0 Å². The lowest BCUT2D eigenvalue weighted by Gasteiger charge is -2.22. The number of nitrogens with one attached hydrogen (secondary N) is 1. The minimum absolute atomic E-state index is 0.106. The smallest absolute Gasteiger partial charge is 0.243 e. The zero-order chi connectivity index (χ0) is 14.9. The molecule has 1 N–H and O–H groups in total.